The van der Waals surface area contributed by atoms with E-state index in [0.717, 1.165) is 31.4 Å². The lowest BCUT2D eigenvalue weighted by Gasteiger charge is -2.36. The van der Waals surface area contributed by atoms with Crippen molar-refractivity contribution in [1.82, 2.24) is 19.9 Å². The molecule has 0 bridgehead atoms. The first kappa shape index (κ1) is 27.2. The molecule has 2 fully saturated rings. The quantitative estimate of drug-likeness (QED) is 0.491. The Balaban J connectivity index is 1.37. The van der Waals surface area contributed by atoms with Gasteiger partial charge >= 0.3 is 12.2 Å². The first-order chi connectivity index (χ1) is 18.2. The molecule has 2 aromatic rings. The summed E-state index contributed by atoms with van der Waals surface area (Å²) < 4.78 is 15.7. The lowest BCUT2D eigenvalue weighted by atomic mass is 10.2. The first-order valence-corrected chi connectivity index (χ1v) is 13.1. The van der Waals surface area contributed by atoms with Gasteiger partial charge in [-0.2, -0.15) is 4.98 Å². The number of nitrogens with zero attached hydrogens (tertiary/aromatic N) is 5. The Morgan fingerprint density at radius 1 is 1.05 bits per heavy atom. The Morgan fingerprint density at radius 2 is 1.79 bits per heavy atom. The second-order valence-corrected chi connectivity index (χ2v) is 10.3. The van der Waals surface area contributed by atoms with Crippen molar-refractivity contribution in [2.75, 3.05) is 48.3 Å². The van der Waals surface area contributed by atoms with E-state index in [2.05, 4.69) is 30.5 Å². The molecule has 0 spiro atoms. The first-order valence-electron chi connectivity index (χ1n) is 13.1. The van der Waals surface area contributed by atoms with Crippen molar-refractivity contribution in [3.05, 3.63) is 24.5 Å². The summed E-state index contributed by atoms with van der Waals surface area (Å²) in [7, 11) is 0. The van der Waals surface area contributed by atoms with Crippen molar-refractivity contribution in [1.29, 1.82) is 0 Å². The SMILES string of the molecule is CCOC(=O)Oc1cnc(Nc2ccc(N3CCN(C(=O)OC(C)(C)C)CC3)cn2)nc1NC1CCCC1. The molecular weight excluding hydrogens is 490 g/mol. The van der Waals surface area contributed by atoms with Crippen LogP contribution in [0.5, 0.6) is 5.75 Å². The van der Waals surface area contributed by atoms with E-state index in [0.29, 0.717) is 43.8 Å². The Kier molecular flexibility index (Phi) is 8.70. The highest BCUT2D eigenvalue weighted by atomic mass is 16.7. The van der Waals surface area contributed by atoms with Gasteiger partial charge in [0.15, 0.2) is 11.6 Å². The highest BCUT2D eigenvalue weighted by molar-refractivity contribution is 5.69. The monoisotopic (exact) mass is 527 g/mol. The van der Waals surface area contributed by atoms with Crippen molar-refractivity contribution < 1.29 is 23.8 Å². The molecule has 3 heterocycles. The number of hydrogen-bond acceptors (Lipinski definition) is 11. The number of piperazine rings is 1. The molecule has 1 saturated carbocycles. The van der Waals surface area contributed by atoms with Crippen molar-refractivity contribution in [3.63, 3.8) is 0 Å². The van der Waals surface area contributed by atoms with Crippen LogP contribution in [0.4, 0.5) is 32.9 Å². The van der Waals surface area contributed by atoms with Gasteiger partial charge < -0.3 is 34.6 Å². The molecule has 12 heteroatoms. The minimum Gasteiger partial charge on any atom is -0.444 e. The molecule has 0 radical (unpaired) electrons. The zero-order valence-electron chi connectivity index (χ0n) is 22.5. The molecule has 206 valence electrons. The van der Waals surface area contributed by atoms with Gasteiger partial charge in [0.05, 0.1) is 24.7 Å². The second kappa shape index (κ2) is 12.1. The number of rotatable bonds is 7. The Bertz CT molecular complexity index is 1090. The number of pyridine rings is 1. The minimum absolute atomic E-state index is 0.214. The molecule has 0 unspecified atom stereocenters. The zero-order chi connectivity index (χ0) is 27.1. The van der Waals surface area contributed by atoms with Crippen LogP contribution in [-0.2, 0) is 9.47 Å². The van der Waals surface area contributed by atoms with Gasteiger partial charge in [-0.15, -0.1) is 0 Å². The van der Waals surface area contributed by atoms with E-state index in [-0.39, 0.29) is 24.5 Å². The van der Waals surface area contributed by atoms with Gasteiger partial charge in [-0.3, -0.25) is 0 Å². The van der Waals surface area contributed by atoms with Crippen molar-refractivity contribution >= 4 is 35.5 Å². The molecule has 2 N–H and O–H groups in total. The fourth-order valence-electron chi connectivity index (χ4n) is 4.35. The van der Waals surface area contributed by atoms with E-state index in [9.17, 15) is 9.59 Å². The lowest BCUT2D eigenvalue weighted by Crippen LogP contribution is -2.50. The zero-order valence-corrected chi connectivity index (χ0v) is 22.5. The summed E-state index contributed by atoms with van der Waals surface area (Å²) in [4.78, 5) is 41.4. The van der Waals surface area contributed by atoms with Crippen LogP contribution in [-0.4, -0.2) is 76.5 Å². The minimum atomic E-state index is -0.796. The van der Waals surface area contributed by atoms with E-state index in [1.54, 1.807) is 18.0 Å². The topological polar surface area (TPSA) is 131 Å². The van der Waals surface area contributed by atoms with Gasteiger partial charge in [0.25, 0.3) is 0 Å². The van der Waals surface area contributed by atoms with E-state index in [4.69, 9.17) is 14.2 Å². The Morgan fingerprint density at radius 3 is 2.42 bits per heavy atom. The van der Waals surface area contributed by atoms with Crippen molar-refractivity contribution in [2.24, 2.45) is 0 Å². The molecule has 1 amide bonds. The highest BCUT2D eigenvalue weighted by Gasteiger charge is 2.26. The lowest BCUT2D eigenvalue weighted by molar-refractivity contribution is 0.0240. The van der Waals surface area contributed by atoms with E-state index in [1.807, 2.05) is 32.9 Å². The molecule has 38 heavy (non-hydrogen) atoms. The van der Waals surface area contributed by atoms with E-state index in [1.165, 1.54) is 6.20 Å². The summed E-state index contributed by atoms with van der Waals surface area (Å²) in [5.41, 5.74) is 0.453. The second-order valence-electron chi connectivity index (χ2n) is 10.3. The summed E-state index contributed by atoms with van der Waals surface area (Å²) in [6.07, 6.45) is 6.50. The van der Waals surface area contributed by atoms with Crippen molar-refractivity contribution in [2.45, 2.75) is 65.0 Å². The third kappa shape index (κ3) is 7.59. The number of carbonyl (C=O) groups excluding carboxylic acids is 2. The van der Waals surface area contributed by atoms with Crippen LogP contribution in [0.15, 0.2) is 24.5 Å². The molecule has 0 aromatic carbocycles. The average Bonchev–Trinajstić information content (AvgIpc) is 3.38. The fraction of sp³-hybridized carbons (Fsp3) is 0.577. The van der Waals surface area contributed by atoms with Crippen LogP contribution in [0, 0.1) is 0 Å². The summed E-state index contributed by atoms with van der Waals surface area (Å²) in [6, 6.07) is 4.08. The molecular formula is C26H37N7O5. The normalized spacial score (nSPS) is 16.2. The number of nitrogens with one attached hydrogen (secondary N) is 2. The van der Waals surface area contributed by atoms with Gasteiger partial charge in [0, 0.05) is 32.2 Å². The van der Waals surface area contributed by atoms with Gasteiger partial charge in [-0.25, -0.2) is 19.6 Å². The van der Waals surface area contributed by atoms with Gasteiger partial charge in [0.2, 0.25) is 5.95 Å². The molecule has 1 aliphatic carbocycles. The van der Waals surface area contributed by atoms with Crippen LogP contribution in [0.2, 0.25) is 0 Å². The van der Waals surface area contributed by atoms with Crippen LogP contribution >= 0.6 is 0 Å². The number of carbonyl (C=O) groups is 2. The molecule has 1 aliphatic heterocycles. The highest BCUT2D eigenvalue weighted by Crippen LogP contribution is 2.29. The van der Waals surface area contributed by atoms with Gasteiger partial charge in [-0.1, -0.05) is 12.8 Å². The third-order valence-electron chi connectivity index (χ3n) is 6.19. The smallest absolute Gasteiger partial charge is 0.444 e. The van der Waals surface area contributed by atoms with Gasteiger partial charge in [-0.05, 0) is 52.7 Å². The van der Waals surface area contributed by atoms with Gasteiger partial charge in [0.1, 0.15) is 11.4 Å². The predicted molar refractivity (Wildman–Crippen MR) is 143 cm³/mol. The number of ether oxygens (including phenoxy) is 3. The molecule has 0 atom stereocenters. The third-order valence-corrected chi connectivity index (χ3v) is 6.19. The summed E-state index contributed by atoms with van der Waals surface area (Å²) in [6.45, 7) is 10.1. The molecule has 2 aliphatic rings. The van der Waals surface area contributed by atoms with Crippen LogP contribution in [0.25, 0.3) is 0 Å². The average molecular weight is 528 g/mol. The number of aromatic nitrogens is 3. The molecule has 1 saturated heterocycles. The summed E-state index contributed by atoms with van der Waals surface area (Å²) in [5.74, 6) is 1.55. The maximum absolute atomic E-state index is 12.3. The predicted octanol–water partition coefficient (Wildman–Crippen LogP) is 4.56. The maximum Gasteiger partial charge on any atom is 0.514 e. The van der Waals surface area contributed by atoms with Crippen LogP contribution in [0.1, 0.15) is 53.4 Å². The number of amides is 1. The van der Waals surface area contributed by atoms with Crippen LogP contribution < -0.4 is 20.3 Å². The summed E-state index contributed by atoms with van der Waals surface area (Å²) in [5, 5.41) is 6.49. The number of hydrogen-bond donors (Lipinski definition) is 2. The maximum atomic E-state index is 12.3. The summed E-state index contributed by atoms with van der Waals surface area (Å²) >= 11 is 0. The van der Waals surface area contributed by atoms with E-state index >= 15 is 0 Å². The fourth-order valence-corrected chi connectivity index (χ4v) is 4.35. The van der Waals surface area contributed by atoms with E-state index < -0.39 is 11.8 Å². The van der Waals surface area contributed by atoms with Crippen LogP contribution in [0.3, 0.4) is 0 Å². The molecule has 2 aromatic heterocycles. The number of anilines is 4. The molecule has 4 rings (SSSR count). The Labute approximate surface area is 223 Å². The largest absolute Gasteiger partial charge is 0.514 e. The molecule has 12 nitrogen and oxygen atoms in total. The standard InChI is InChI=1S/C26H37N7O5/c1-5-36-25(35)37-20-17-28-23(31-22(20)29-18-8-6-7-9-18)30-21-11-10-19(16-27-21)32-12-14-33(15-13-32)24(34)38-26(2,3)4/h10-11,16-18H,5-9,12-15H2,1-4H3,(H2,27,28,29,30,31). The van der Waals surface area contributed by atoms with Crippen molar-refractivity contribution in [3.8, 4) is 5.75 Å². The Hall–Kier alpha value is -3.83.